The van der Waals surface area contributed by atoms with Crippen LogP contribution >= 0.6 is 0 Å². The molecule has 0 atom stereocenters. The number of carboxylic acid groups (broad SMARTS) is 1. The van der Waals surface area contributed by atoms with Gasteiger partial charge in [-0.15, -0.1) is 0 Å². The molecule has 0 unspecified atom stereocenters. The lowest BCUT2D eigenvalue weighted by molar-refractivity contribution is -0.132. The molecule has 5 nitrogen and oxygen atoms in total. The molecule has 14 heavy (non-hydrogen) atoms. The highest BCUT2D eigenvalue weighted by Crippen LogP contribution is 1.95. The third kappa shape index (κ3) is 2.70. The fraction of sp³-hybridized carbons (Fsp3) is 0.333. The second-order valence-corrected chi connectivity index (χ2v) is 2.96. The monoisotopic (exact) mass is 195 g/mol. The van der Waals surface area contributed by atoms with Crippen LogP contribution < -0.4 is 5.32 Å². The van der Waals surface area contributed by atoms with Crippen LogP contribution in [-0.4, -0.2) is 27.4 Å². The zero-order chi connectivity index (χ0) is 10.6. The first kappa shape index (κ1) is 10.5. The number of carboxylic acids is 1. The number of aromatic nitrogens is 2. The number of carbonyl (C=O) groups is 1. The van der Waals surface area contributed by atoms with Gasteiger partial charge < -0.3 is 10.4 Å². The van der Waals surface area contributed by atoms with Crippen molar-refractivity contribution >= 4 is 5.97 Å². The van der Waals surface area contributed by atoms with Gasteiger partial charge in [-0.1, -0.05) is 6.58 Å². The van der Waals surface area contributed by atoms with E-state index in [0.717, 1.165) is 5.69 Å². The van der Waals surface area contributed by atoms with Crippen molar-refractivity contribution in [3.05, 3.63) is 30.1 Å². The van der Waals surface area contributed by atoms with Crippen LogP contribution in [0.5, 0.6) is 0 Å². The van der Waals surface area contributed by atoms with Gasteiger partial charge in [-0.2, -0.15) is 5.10 Å². The molecule has 1 heterocycles. The Morgan fingerprint density at radius 3 is 3.00 bits per heavy atom. The zero-order valence-corrected chi connectivity index (χ0v) is 8.03. The van der Waals surface area contributed by atoms with E-state index in [1.807, 2.05) is 13.1 Å². The smallest absolute Gasteiger partial charge is 0.332 e. The maximum atomic E-state index is 10.4. The van der Waals surface area contributed by atoms with Crippen LogP contribution in [0.3, 0.4) is 0 Å². The number of hydrogen-bond acceptors (Lipinski definition) is 3. The van der Waals surface area contributed by atoms with Crippen molar-refractivity contribution in [3.63, 3.8) is 0 Å². The number of aliphatic carboxylic acids is 1. The Bertz CT molecular complexity index is 344. The van der Waals surface area contributed by atoms with Gasteiger partial charge in [-0.3, -0.25) is 4.68 Å². The summed E-state index contributed by atoms with van der Waals surface area (Å²) in [4.78, 5) is 10.4. The van der Waals surface area contributed by atoms with Gasteiger partial charge in [0.15, 0.2) is 0 Å². The lowest BCUT2D eigenvalue weighted by Gasteiger charge is -2.04. The molecule has 0 fully saturated rings. The molecule has 76 valence electrons. The zero-order valence-electron chi connectivity index (χ0n) is 8.03. The highest BCUT2D eigenvalue weighted by atomic mass is 16.4. The first-order valence-electron chi connectivity index (χ1n) is 4.20. The normalized spacial score (nSPS) is 10.1. The molecule has 0 spiro atoms. The minimum absolute atomic E-state index is 0.159. The SMILES string of the molecule is C=C(CNCc1ccnn1C)C(=O)O. The van der Waals surface area contributed by atoms with Crippen LogP contribution in [0.15, 0.2) is 24.4 Å². The average molecular weight is 195 g/mol. The molecule has 1 aromatic heterocycles. The van der Waals surface area contributed by atoms with Gasteiger partial charge in [-0.05, 0) is 6.07 Å². The third-order valence-corrected chi connectivity index (χ3v) is 1.87. The molecule has 0 amide bonds. The average Bonchev–Trinajstić information content (AvgIpc) is 2.51. The van der Waals surface area contributed by atoms with Crippen molar-refractivity contribution in [2.24, 2.45) is 7.05 Å². The van der Waals surface area contributed by atoms with Crippen LogP contribution in [0.1, 0.15) is 5.69 Å². The second-order valence-electron chi connectivity index (χ2n) is 2.96. The molecule has 0 bridgehead atoms. The summed E-state index contributed by atoms with van der Waals surface area (Å²) in [5, 5.41) is 15.5. The molecular weight excluding hydrogens is 182 g/mol. The number of nitrogens with zero attached hydrogens (tertiary/aromatic N) is 2. The van der Waals surface area contributed by atoms with E-state index in [1.54, 1.807) is 10.9 Å². The highest BCUT2D eigenvalue weighted by Gasteiger charge is 2.03. The molecular formula is C9H13N3O2. The molecule has 0 aromatic carbocycles. The molecule has 0 saturated heterocycles. The molecule has 0 aliphatic rings. The van der Waals surface area contributed by atoms with Crippen LogP contribution in [0, 0.1) is 0 Å². The van der Waals surface area contributed by atoms with E-state index in [0.29, 0.717) is 6.54 Å². The summed E-state index contributed by atoms with van der Waals surface area (Å²) in [6, 6.07) is 1.87. The molecule has 0 radical (unpaired) electrons. The van der Waals surface area contributed by atoms with Gasteiger partial charge in [-0.25, -0.2) is 4.79 Å². The van der Waals surface area contributed by atoms with E-state index >= 15 is 0 Å². The van der Waals surface area contributed by atoms with Gasteiger partial charge >= 0.3 is 5.97 Å². The Hall–Kier alpha value is -1.62. The topological polar surface area (TPSA) is 67.2 Å². The van der Waals surface area contributed by atoms with Crippen molar-refractivity contribution in [2.45, 2.75) is 6.54 Å². The van der Waals surface area contributed by atoms with Crippen molar-refractivity contribution < 1.29 is 9.90 Å². The molecule has 0 saturated carbocycles. The number of rotatable bonds is 5. The summed E-state index contributed by atoms with van der Waals surface area (Å²) in [5.41, 5.74) is 1.16. The molecule has 0 aliphatic heterocycles. The van der Waals surface area contributed by atoms with E-state index in [9.17, 15) is 4.79 Å². The molecule has 5 heteroatoms. The largest absolute Gasteiger partial charge is 0.478 e. The standard InChI is InChI=1S/C9H13N3O2/c1-7(9(13)14)5-10-6-8-3-4-11-12(8)2/h3-4,10H,1,5-6H2,2H3,(H,13,14). The van der Waals surface area contributed by atoms with E-state index in [-0.39, 0.29) is 12.1 Å². The van der Waals surface area contributed by atoms with Crippen molar-refractivity contribution in [3.8, 4) is 0 Å². The molecule has 1 aromatic rings. The molecule has 0 aliphatic carbocycles. The summed E-state index contributed by atoms with van der Waals surface area (Å²) in [7, 11) is 1.84. The second kappa shape index (κ2) is 4.57. The lowest BCUT2D eigenvalue weighted by Crippen LogP contribution is -2.21. The number of nitrogens with one attached hydrogen (secondary N) is 1. The molecule has 1 rings (SSSR count). The highest BCUT2D eigenvalue weighted by molar-refractivity contribution is 5.86. The predicted molar refractivity (Wildman–Crippen MR) is 51.7 cm³/mol. The van der Waals surface area contributed by atoms with Crippen LogP contribution in [0.2, 0.25) is 0 Å². The fourth-order valence-electron chi connectivity index (χ4n) is 0.992. The number of aryl methyl sites for hydroxylation is 1. The minimum Gasteiger partial charge on any atom is -0.478 e. The fourth-order valence-corrected chi connectivity index (χ4v) is 0.992. The lowest BCUT2D eigenvalue weighted by atomic mass is 10.3. The van der Waals surface area contributed by atoms with Gasteiger partial charge in [0.1, 0.15) is 0 Å². The summed E-state index contributed by atoms with van der Waals surface area (Å²) < 4.78 is 1.73. The van der Waals surface area contributed by atoms with Crippen LogP contribution in [-0.2, 0) is 18.4 Å². The van der Waals surface area contributed by atoms with E-state index in [4.69, 9.17) is 5.11 Å². The summed E-state index contributed by atoms with van der Waals surface area (Å²) in [6.45, 7) is 4.28. The quantitative estimate of drug-likeness (QED) is 0.656. The minimum atomic E-state index is -0.970. The van der Waals surface area contributed by atoms with Gasteiger partial charge in [0.05, 0.1) is 5.69 Å². The Labute approximate surface area is 82.0 Å². The van der Waals surface area contributed by atoms with Crippen LogP contribution in [0.25, 0.3) is 0 Å². The maximum Gasteiger partial charge on any atom is 0.332 e. The van der Waals surface area contributed by atoms with E-state index in [1.165, 1.54) is 0 Å². The van der Waals surface area contributed by atoms with Gasteiger partial charge in [0.2, 0.25) is 0 Å². The first-order chi connectivity index (χ1) is 6.61. The summed E-state index contributed by atoms with van der Waals surface area (Å²) >= 11 is 0. The summed E-state index contributed by atoms with van der Waals surface area (Å²) in [5.74, 6) is -0.970. The Morgan fingerprint density at radius 2 is 2.50 bits per heavy atom. The van der Waals surface area contributed by atoms with Crippen molar-refractivity contribution in [2.75, 3.05) is 6.54 Å². The Balaban J connectivity index is 2.32. The Morgan fingerprint density at radius 1 is 1.79 bits per heavy atom. The predicted octanol–water partition coefficient (Wildman–Crippen LogP) is 0.150. The first-order valence-corrected chi connectivity index (χ1v) is 4.20. The third-order valence-electron chi connectivity index (χ3n) is 1.87. The van der Waals surface area contributed by atoms with Crippen LogP contribution in [0.4, 0.5) is 0 Å². The molecule has 2 N–H and O–H groups in total. The number of hydrogen-bond donors (Lipinski definition) is 2. The van der Waals surface area contributed by atoms with E-state index < -0.39 is 5.97 Å². The maximum absolute atomic E-state index is 10.4. The van der Waals surface area contributed by atoms with Gasteiger partial charge in [0.25, 0.3) is 0 Å². The van der Waals surface area contributed by atoms with Crippen molar-refractivity contribution in [1.29, 1.82) is 0 Å². The van der Waals surface area contributed by atoms with Gasteiger partial charge in [0, 0.05) is 31.9 Å². The Kier molecular flexibility index (Phi) is 3.41. The summed E-state index contributed by atoms with van der Waals surface area (Å²) in [6.07, 6.45) is 1.70. The van der Waals surface area contributed by atoms with Crippen molar-refractivity contribution in [1.82, 2.24) is 15.1 Å². The van der Waals surface area contributed by atoms with E-state index in [2.05, 4.69) is 17.0 Å².